The number of alkyl halides is 3. The van der Waals surface area contributed by atoms with Crippen molar-refractivity contribution in [3.63, 3.8) is 0 Å². The lowest BCUT2D eigenvalue weighted by atomic mass is 10.3. The molecule has 3 aromatic heterocycles. The van der Waals surface area contributed by atoms with E-state index < -0.39 is 11.7 Å². The van der Waals surface area contributed by atoms with E-state index in [-0.39, 0.29) is 6.54 Å². The number of aromatic nitrogens is 5. The van der Waals surface area contributed by atoms with E-state index in [4.69, 9.17) is 0 Å². The lowest BCUT2D eigenvalue weighted by Crippen LogP contribution is -2.14. The van der Waals surface area contributed by atoms with Crippen molar-refractivity contribution in [2.24, 2.45) is 0 Å². The van der Waals surface area contributed by atoms with Gasteiger partial charge in [0.15, 0.2) is 11.5 Å². The molecule has 0 fully saturated rings. The molecule has 0 bridgehead atoms. The molecule has 0 aliphatic rings. The molecule has 0 saturated heterocycles. The van der Waals surface area contributed by atoms with Crippen molar-refractivity contribution in [1.29, 1.82) is 0 Å². The van der Waals surface area contributed by atoms with Gasteiger partial charge in [0.25, 0.3) is 0 Å². The lowest BCUT2D eigenvalue weighted by Gasteiger charge is -2.11. The zero-order chi connectivity index (χ0) is 17.3. The van der Waals surface area contributed by atoms with Crippen LogP contribution >= 0.6 is 0 Å². The fourth-order valence-corrected chi connectivity index (χ4v) is 2.01. The summed E-state index contributed by atoms with van der Waals surface area (Å²) in [5.41, 5.74) is -0.212. The summed E-state index contributed by atoms with van der Waals surface area (Å²) in [5.74, 6) is 1.56. The molecular weight excluding hydrogens is 323 g/mol. The maximum Gasteiger partial charge on any atom is 0.417 e. The van der Waals surface area contributed by atoms with E-state index in [2.05, 4.69) is 25.6 Å². The quantitative estimate of drug-likeness (QED) is 0.787. The van der Waals surface area contributed by atoms with Crippen molar-refractivity contribution in [3.05, 3.63) is 41.9 Å². The van der Waals surface area contributed by atoms with E-state index in [9.17, 15) is 13.2 Å². The zero-order valence-electron chi connectivity index (χ0n) is 12.9. The number of rotatable bonds is 4. The monoisotopic (exact) mass is 337 g/mol. The minimum absolute atomic E-state index is 0.226. The fourth-order valence-electron chi connectivity index (χ4n) is 2.01. The summed E-state index contributed by atoms with van der Waals surface area (Å²) >= 11 is 0. The molecule has 126 valence electrons. The molecule has 3 aromatic rings. The van der Waals surface area contributed by atoms with Crippen LogP contribution in [0.4, 0.5) is 24.8 Å². The smallest absolute Gasteiger partial charge is 0.363 e. The highest BCUT2D eigenvalue weighted by molar-refractivity contribution is 5.45. The second-order valence-corrected chi connectivity index (χ2v) is 5.26. The largest absolute Gasteiger partial charge is 0.417 e. The van der Waals surface area contributed by atoms with Crippen molar-refractivity contribution in [3.8, 4) is 0 Å². The molecule has 3 rings (SSSR count). The Morgan fingerprint density at radius 3 is 2.54 bits per heavy atom. The average Bonchev–Trinajstić information content (AvgIpc) is 2.94. The summed E-state index contributed by atoms with van der Waals surface area (Å²) in [7, 11) is 3.73. The standard InChI is InChI=1S/C14H14F3N7/c1-23(2)12-6-5-11-20-21-13(24(11)22-12)8-19-10-4-3-9(7-18-10)14(15,16)17/h3-7H,8H2,1-2H3,(H,18,19). The van der Waals surface area contributed by atoms with E-state index in [0.29, 0.717) is 17.3 Å². The normalized spacial score (nSPS) is 11.7. The van der Waals surface area contributed by atoms with Crippen molar-refractivity contribution in [1.82, 2.24) is 24.8 Å². The number of hydrogen-bond donors (Lipinski definition) is 1. The number of halogens is 3. The van der Waals surface area contributed by atoms with E-state index >= 15 is 0 Å². The maximum atomic E-state index is 12.5. The van der Waals surface area contributed by atoms with Gasteiger partial charge >= 0.3 is 6.18 Å². The number of nitrogens with zero attached hydrogens (tertiary/aromatic N) is 6. The van der Waals surface area contributed by atoms with Gasteiger partial charge in [-0.2, -0.15) is 17.7 Å². The van der Waals surface area contributed by atoms with E-state index in [1.807, 2.05) is 25.1 Å². The second kappa shape index (κ2) is 5.95. The first-order valence-electron chi connectivity index (χ1n) is 7.00. The number of hydrogen-bond acceptors (Lipinski definition) is 6. The molecule has 0 atom stereocenters. The molecule has 0 unspecified atom stereocenters. The molecule has 7 nitrogen and oxygen atoms in total. The lowest BCUT2D eigenvalue weighted by molar-refractivity contribution is -0.137. The Bertz CT molecular complexity index is 840. The number of fused-ring (bicyclic) bond motifs is 1. The Kier molecular flexibility index (Phi) is 3.96. The summed E-state index contributed by atoms with van der Waals surface area (Å²) in [5, 5.41) is 15.3. The first kappa shape index (κ1) is 16.0. The Hall–Kier alpha value is -2.91. The summed E-state index contributed by atoms with van der Waals surface area (Å²) in [4.78, 5) is 5.59. The molecule has 0 aliphatic carbocycles. The van der Waals surface area contributed by atoms with Crippen LogP contribution in [0, 0.1) is 0 Å². The van der Waals surface area contributed by atoms with Gasteiger partial charge in [0.1, 0.15) is 11.6 Å². The first-order chi connectivity index (χ1) is 11.3. The third kappa shape index (κ3) is 3.21. The Morgan fingerprint density at radius 2 is 1.92 bits per heavy atom. The van der Waals surface area contributed by atoms with Gasteiger partial charge < -0.3 is 10.2 Å². The van der Waals surface area contributed by atoms with Gasteiger partial charge in [-0.3, -0.25) is 0 Å². The van der Waals surface area contributed by atoms with Gasteiger partial charge in [0.05, 0.1) is 12.1 Å². The average molecular weight is 337 g/mol. The van der Waals surface area contributed by atoms with Crippen molar-refractivity contribution in [2.75, 3.05) is 24.3 Å². The van der Waals surface area contributed by atoms with E-state index in [0.717, 1.165) is 18.1 Å². The van der Waals surface area contributed by atoms with Crippen LogP contribution in [0.15, 0.2) is 30.5 Å². The summed E-state index contributed by atoms with van der Waals surface area (Å²) in [6.45, 7) is 0.226. The Labute approximate surface area is 135 Å². The molecule has 1 N–H and O–H groups in total. The molecule has 0 amide bonds. The second-order valence-electron chi connectivity index (χ2n) is 5.26. The van der Waals surface area contributed by atoms with Gasteiger partial charge in [-0.1, -0.05) is 0 Å². The molecule has 0 aromatic carbocycles. The molecular formula is C14H14F3N7. The van der Waals surface area contributed by atoms with Crippen LogP contribution in [-0.2, 0) is 12.7 Å². The third-order valence-corrected chi connectivity index (χ3v) is 3.29. The number of pyridine rings is 1. The highest BCUT2D eigenvalue weighted by Crippen LogP contribution is 2.28. The van der Waals surface area contributed by atoms with Crippen LogP contribution in [0.1, 0.15) is 11.4 Å². The molecule has 0 radical (unpaired) electrons. The molecule has 24 heavy (non-hydrogen) atoms. The van der Waals surface area contributed by atoms with Crippen molar-refractivity contribution < 1.29 is 13.2 Å². The van der Waals surface area contributed by atoms with Crippen molar-refractivity contribution in [2.45, 2.75) is 12.7 Å². The summed E-state index contributed by atoms with van der Waals surface area (Å²) < 4.78 is 39.1. The van der Waals surface area contributed by atoms with Gasteiger partial charge in [0, 0.05) is 20.3 Å². The summed E-state index contributed by atoms with van der Waals surface area (Å²) in [6, 6.07) is 5.85. The maximum absolute atomic E-state index is 12.5. The zero-order valence-corrected chi connectivity index (χ0v) is 12.9. The highest BCUT2D eigenvalue weighted by Gasteiger charge is 2.30. The number of anilines is 2. The number of nitrogens with one attached hydrogen (secondary N) is 1. The predicted octanol–water partition coefficient (Wildman–Crippen LogP) is 2.22. The SMILES string of the molecule is CN(C)c1ccc2nnc(CNc3ccc(C(F)(F)F)cn3)n2n1. The topological polar surface area (TPSA) is 71.2 Å². The van der Waals surface area contributed by atoms with Crippen LogP contribution < -0.4 is 10.2 Å². The predicted molar refractivity (Wildman–Crippen MR) is 81.7 cm³/mol. The van der Waals surface area contributed by atoms with Crippen LogP contribution in [0.3, 0.4) is 0 Å². The Balaban J connectivity index is 1.77. The van der Waals surface area contributed by atoms with Crippen LogP contribution in [-0.4, -0.2) is 38.9 Å². The van der Waals surface area contributed by atoms with Gasteiger partial charge in [-0.05, 0) is 24.3 Å². The third-order valence-electron chi connectivity index (χ3n) is 3.29. The molecule has 0 saturated carbocycles. The molecule has 10 heteroatoms. The first-order valence-corrected chi connectivity index (χ1v) is 7.00. The van der Waals surface area contributed by atoms with Crippen LogP contribution in [0.2, 0.25) is 0 Å². The minimum Gasteiger partial charge on any atom is -0.363 e. The van der Waals surface area contributed by atoms with Crippen LogP contribution in [0.5, 0.6) is 0 Å². The van der Waals surface area contributed by atoms with E-state index in [1.54, 1.807) is 10.6 Å². The van der Waals surface area contributed by atoms with Gasteiger partial charge in [0.2, 0.25) is 0 Å². The molecule has 0 aliphatic heterocycles. The minimum atomic E-state index is -4.40. The van der Waals surface area contributed by atoms with Gasteiger partial charge in [-0.25, -0.2) is 4.98 Å². The highest BCUT2D eigenvalue weighted by atomic mass is 19.4. The van der Waals surface area contributed by atoms with Gasteiger partial charge in [-0.15, -0.1) is 15.3 Å². The fraction of sp³-hybridized carbons (Fsp3) is 0.286. The van der Waals surface area contributed by atoms with E-state index in [1.165, 1.54) is 6.07 Å². The summed E-state index contributed by atoms with van der Waals surface area (Å²) in [6.07, 6.45) is -3.62. The molecule has 3 heterocycles. The molecule has 0 spiro atoms. The van der Waals surface area contributed by atoms with Crippen molar-refractivity contribution >= 4 is 17.3 Å². The van der Waals surface area contributed by atoms with Crippen LogP contribution in [0.25, 0.3) is 5.65 Å². The Morgan fingerprint density at radius 1 is 1.12 bits per heavy atom.